The fourth-order valence-electron chi connectivity index (χ4n) is 2.63. The van der Waals surface area contributed by atoms with Crippen LogP contribution in [0.15, 0.2) is 69.6 Å². The smallest absolute Gasteiger partial charge is 0.337 e. The van der Waals surface area contributed by atoms with Crippen molar-refractivity contribution in [3.63, 3.8) is 0 Å². The van der Waals surface area contributed by atoms with E-state index in [1.165, 1.54) is 14.2 Å². The standard InChI is InChI=1S/C26H16Br2O4/c1-31-25(29)19-9-3-17(4-10-19)7-13-21-15-24(28)22(16-23(21)27)14-8-18-5-11-20(12-6-18)26(30)32-2/h3-6,9-12,15-16H,1-2H3. The number of carbonyl (C=O) groups is 2. The fraction of sp³-hybridized carbons (Fsp3) is 0.0769. The highest BCUT2D eigenvalue weighted by Crippen LogP contribution is 2.25. The van der Waals surface area contributed by atoms with E-state index in [4.69, 9.17) is 9.47 Å². The lowest BCUT2D eigenvalue weighted by Gasteiger charge is -2.02. The van der Waals surface area contributed by atoms with Crippen molar-refractivity contribution in [1.82, 2.24) is 0 Å². The monoisotopic (exact) mass is 550 g/mol. The average Bonchev–Trinajstić information content (AvgIpc) is 2.83. The van der Waals surface area contributed by atoms with Crippen LogP contribution in [0.4, 0.5) is 0 Å². The molecule has 0 spiro atoms. The van der Waals surface area contributed by atoms with Gasteiger partial charge in [0, 0.05) is 31.2 Å². The van der Waals surface area contributed by atoms with Crippen LogP contribution in [-0.4, -0.2) is 26.2 Å². The summed E-state index contributed by atoms with van der Waals surface area (Å²) in [4.78, 5) is 23.0. The first-order chi connectivity index (χ1) is 15.4. The minimum Gasteiger partial charge on any atom is -0.465 e. The van der Waals surface area contributed by atoms with Crippen molar-refractivity contribution in [2.24, 2.45) is 0 Å². The van der Waals surface area contributed by atoms with E-state index in [1.807, 2.05) is 12.1 Å². The summed E-state index contributed by atoms with van der Waals surface area (Å²) in [7, 11) is 2.69. The SMILES string of the molecule is COC(=O)c1ccc(C#Cc2cc(Br)c(C#Cc3ccc(C(=O)OC)cc3)cc2Br)cc1. The summed E-state index contributed by atoms with van der Waals surface area (Å²) in [5.74, 6) is 11.6. The lowest BCUT2D eigenvalue weighted by atomic mass is 10.1. The van der Waals surface area contributed by atoms with Crippen molar-refractivity contribution in [2.45, 2.75) is 0 Å². The van der Waals surface area contributed by atoms with Crippen molar-refractivity contribution in [3.8, 4) is 23.7 Å². The van der Waals surface area contributed by atoms with Gasteiger partial charge in [-0.05, 0) is 92.5 Å². The molecule has 0 radical (unpaired) electrons. The highest BCUT2D eigenvalue weighted by Gasteiger charge is 2.06. The van der Waals surface area contributed by atoms with E-state index in [9.17, 15) is 9.59 Å². The molecule has 0 amide bonds. The molecule has 0 fully saturated rings. The van der Waals surface area contributed by atoms with Gasteiger partial charge in [-0.3, -0.25) is 0 Å². The summed E-state index contributed by atoms with van der Waals surface area (Å²) in [6.45, 7) is 0. The van der Waals surface area contributed by atoms with Gasteiger partial charge in [0.15, 0.2) is 0 Å². The molecule has 3 aromatic carbocycles. The van der Waals surface area contributed by atoms with Crippen LogP contribution in [0.1, 0.15) is 43.0 Å². The van der Waals surface area contributed by atoms with Crippen molar-refractivity contribution in [1.29, 1.82) is 0 Å². The van der Waals surface area contributed by atoms with Gasteiger partial charge >= 0.3 is 11.9 Å². The maximum Gasteiger partial charge on any atom is 0.337 e. The maximum absolute atomic E-state index is 11.5. The zero-order valence-electron chi connectivity index (χ0n) is 17.2. The quantitative estimate of drug-likeness (QED) is 0.308. The number of halogens is 2. The van der Waals surface area contributed by atoms with E-state index in [-0.39, 0.29) is 11.9 Å². The second kappa shape index (κ2) is 10.8. The average molecular weight is 552 g/mol. The molecule has 3 aromatic rings. The summed E-state index contributed by atoms with van der Waals surface area (Å²) in [5.41, 5.74) is 4.10. The number of hydrogen-bond donors (Lipinski definition) is 0. The van der Waals surface area contributed by atoms with Crippen LogP contribution in [0.2, 0.25) is 0 Å². The summed E-state index contributed by atoms with van der Waals surface area (Å²) in [6, 6.07) is 17.6. The molecule has 3 rings (SSSR count). The van der Waals surface area contributed by atoms with Crippen LogP contribution in [0.5, 0.6) is 0 Å². The van der Waals surface area contributed by atoms with Gasteiger partial charge < -0.3 is 9.47 Å². The van der Waals surface area contributed by atoms with Gasteiger partial charge in [-0.1, -0.05) is 23.7 Å². The first-order valence-corrected chi connectivity index (χ1v) is 10.9. The topological polar surface area (TPSA) is 52.6 Å². The number of carbonyl (C=O) groups excluding carboxylic acids is 2. The molecule has 4 nitrogen and oxygen atoms in total. The van der Waals surface area contributed by atoms with E-state index >= 15 is 0 Å². The van der Waals surface area contributed by atoms with Crippen LogP contribution >= 0.6 is 31.9 Å². The molecule has 0 N–H and O–H groups in total. The highest BCUT2D eigenvalue weighted by molar-refractivity contribution is 9.11. The summed E-state index contributed by atoms with van der Waals surface area (Å²) >= 11 is 7.10. The molecule has 0 saturated heterocycles. The number of benzene rings is 3. The first-order valence-electron chi connectivity index (χ1n) is 9.31. The molecule has 0 aromatic heterocycles. The summed E-state index contributed by atoms with van der Waals surface area (Å²) < 4.78 is 11.0. The Kier molecular flexibility index (Phi) is 7.89. The van der Waals surface area contributed by atoms with Gasteiger partial charge in [0.05, 0.1) is 25.3 Å². The van der Waals surface area contributed by atoms with E-state index < -0.39 is 0 Å². The van der Waals surface area contributed by atoms with Crippen LogP contribution in [0, 0.1) is 23.7 Å². The first kappa shape index (κ1) is 23.3. The largest absolute Gasteiger partial charge is 0.465 e. The number of rotatable bonds is 2. The normalized spacial score (nSPS) is 9.62. The number of esters is 2. The minimum atomic E-state index is -0.382. The molecule has 0 heterocycles. The van der Waals surface area contributed by atoms with Gasteiger partial charge in [0.2, 0.25) is 0 Å². The third kappa shape index (κ3) is 5.88. The van der Waals surface area contributed by atoms with E-state index in [0.29, 0.717) is 11.1 Å². The molecule has 32 heavy (non-hydrogen) atoms. The lowest BCUT2D eigenvalue weighted by Crippen LogP contribution is -2.00. The van der Waals surface area contributed by atoms with E-state index in [2.05, 4.69) is 55.5 Å². The summed E-state index contributed by atoms with van der Waals surface area (Å²) in [5, 5.41) is 0. The Bertz CT molecular complexity index is 1180. The number of hydrogen-bond acceptors (Lipinski definition) is 4. The molecular weight excluding hydrogens is 536 g/mol. The molecule has 0 aliphatic heterocycles. The van der Waals surface area contributed by atoms with Crippen molar-refractivity contribution in [3.05, 3.63) is 103 Å². The predicted molar refractivity (Wildman–Crippen MR) is 129 cm³/mol. The molecule has 0 bridgehead atoms. The van der Waals surface area contributed by atoms with Crippen LogP contribution in [0.25, 0.3) is 0 Å². The van der Waals surface area contributed by atoms with Crippen LogP contribution in [-0.2, 0) is 9.47 Å². The Morgan fingerprint density at radius 2 is 0.969 bits per heavy atom. The number of methoxy groups -OCH3 is 2. The Morgan fingerprint density at radius 3 is 1.28 bits per heavy atom. The highest BCUT2D eigenvalue weighted by atomic mass is 79.9. The van der Waals surface area contributed by atoms with Crippen molar-refractivity contribution < 1.29 is 19.1 Å². The van der Waals surface area contributed by atoms with Gasteiger partial charge in [-0.15, -0.1) is 0 Å². The van der Waals surface area contributed by atoms with Gasteiger partial charge in [-0.25, -0.2) is 9.59 Å². The van der Waals surface area contributed by atoms with Gasteiger partial charge in [0.1, 0.15) is 0 Å². The molecule has 6 heteroatoms. The molecule has 0 aliphatic rings. The second-order valence-corrected chi connectivity index (χ2v) is 8.16. The van der Waals surface area contributed by atoms with E-state index in [1.54, 1.807) is 48.5 Å². The Hall–Kier alpha value is -3.32. The van der Waals surface area contributed by atoms with E-state index in [0.717, 1.165) is 31.2 Å². The van der Waals surface area contributed by atoms with Crippen LogP contribution < -0.4 is 0 Å². The van der Waals surface area contributed by atoms with Gasteiger partial charge in [-0.2, -0.15) is 0 Å². The molecular formula is C26H16Br2O4. The third-order valence-electron chi connectivity index (χ3n) is 4.35. The van der Waals surface area contributed by atoms with Gasteiger partial charge in [0.25, 0.3) is 0 Å². The molecule has 158 valence electrons. The Labute approximate surface area is 203 Å². The second-order valence-electron chi connectivity index (χ2n) is 6.45. The number of ether oxygens (including phenoxy) is 2. The Balaban J connectivity index is 1.79. The third-order valence-corrected chi connectivity index (χ3v) is 5.66. The minimum absolute atomic E-state index is 0.382. The summed E-state index contributed by atoms with van der Waals surface area (Å²) in [6.07, 6.45) is 0. The predicted octanol–water partition coefficient (Wildman–Crippen LogP) is 5.58. The zero-order valence-corrected chi connectivity index (χ0v) is 20.3. The molecule has 0 aliphatic carbocycles. The fourth-order valence-corrected chi connectivity index (χ4v) is 3.52. The maximum atomic E-state index is 11.5. The van der Waals surface area contributed by atoms with Crippen molar-refractivity contribution >= 4 is 43.8 Å². The molecule has 0 saturated carbocycles. The molecule has 0 unspecified atom stereocenters. The van der Waals surface area contributed by atoms with Crippen LogP contribution in [0.3, 0.4) is 0 Å². The lowest BCUT2D eigenvalue weighted by molar-refractivity contribution is 0.0592. The van der Waals surface area contributed by atoms with Crippen molar-refractivity contribution in [2.75, 3.05) is 14.2 Å². The molecule has 0 atom stereocenters. The zero-order chi connectivity index (χ0) is 23.1. The Morgan fingerprint density at radius 1 is 0.625 bits per heavy atom.